The summed E-state index contributed by atoms with van der Waals surface area (Å²) in [4.78, 5) is 19.9. The SMILES string of the molecule is O=C(NCC1CC1)[C@H]1Cn2ccnc2C2(CCN(CCc3ccccc3)CC2)O1. The molecule has 1 saturated heterocycles. The Balaban J connectivity index is 1.22. The maximum Gasteiger partial charge on any atom is 0.251 e. The molecule has 29 heavy (non-hydrogen) atoms. The van der Waals surface area contributed by atoms with Gasteiger partial charge in [0.1, 0.15) is 11.4 Å². The van der Waals surface area contributed by atoms with Crippen LogP contribution in [0.3, 0.4) is 0 Å². The highest BCUT2D eigenvalue weighted by Gasteiger charge is 2.47. The van der Waals surface area contributed by atoms with Gasteiger partial charge in [-0.1, -0.05) is 30.3 Å². The zero-order valence-electron chi connectivity index (χ0n) is 16.9. The predicted octanol–water partition coefficient (Wildman–Crippen LogP) is 2.34. The van der Waals surface area contributed by atoms with Gasteiger partial charge >= 0.3 is 0 Å². The van der Waals surface area contributed by atoms with Crippen LogP contribution in [0.15, 0.2) is 42.7 Å². The first-order chi connectivity index (χ1) is 14.2. The second-order valence-electron chi connectivity index (χ2n) is 8.77. The van der Waals surface area contributed by atoms with Gasteiger partial charge in [0.25, 0.3) is 5.91 Å². The van der Waals surface area contributed by atoms with Gasteiger partial charge in [0, 0.05) is 38.6 Å². The summed E-state index contributed by atoms with van der Waals surface area (Å²) >= 11 is 0. The summed E-state index contributed by atoms with van der Waals surface area (Å²) in [5.41, 5.74) is 0.941. The van der Waals surface area contributed by atoms with Crippen LogP contribution in [-0.2, 0) is 28.1 Å². The lowest BCUT2D eigenvalue weighted by Gasteiger charge is -2.45. The van der Waals surface area contributed by atoms with Gasteiger partial charge in [0.2, 0.25) is 0 Å². The van der Waals surface area contributed by atoms with Gasteiger partial charge in [-0.2, -0.15) is 0 Å². The lowest BCUT2D eigenvalue weighted by Crippen LogP contribution is -2.54. The number of rotatable bonds is 6. The molecule has 1 aromatic heterocycles. The molecular formula is C23H30N4O2. The summed E-state index contributed by atoms with van der Waals surface area (Å²) in [6.45, 7) is 4.34. The number of nitrogens with one attached hydrogen (secondary N) is 1. The predicted molar refractivity (Wildman–Crippen MR) is 110 cm³/mol. The Morgan fingerprint density at radius 2 is 2.00 bits per heavy atom. The number of imidazole rings is 1. The monoisotopic (exact) mass is 394 g/mol. The van der Waals surface area contributed by atoms with Gasteiger partial charge in [-0.25, -0.2) is 4.98 Å². The van der Waals surface area contributed by atoms with Gasteiger partial charge in [-0.3, -0.25) is 4.79 Å². The molecule has 1 aliphatic carbocycles. The zero-order valence-corrected chi connectivity index (χ0v) is 16.9. The van der Waals surface area contributed by atoms with E-state index in [4.69, 9.17) is 4.74 Å². The van der Waals surface area contributed by atoms with Crippen LogP contribution in [0.4, 0.5) is 0 Å². The summed E-state index contributed by atoms with van der Waals surface area (Å²) in [6.07, 6.45) is 8.70. The van der Waals surface area contributed by atoms with Crippen molar-refractivity contribution in [3.05, 3.63) is 54.1 Å². The first-order valence-electron chi connectivity index (χ1n) is 11.0. The third-order valence-electron chi connectivity index (χ3n) is 6.63. The lowest BCUT2D eigenvalue weighted by molar-refractivity contribution is -0.173. The van der Waals surface area contributed by atoms with Crippen LogP contribution in [0.1, 0.15) is 37.1 Å². The fraction of sp³-hybridized carbons (Fsp3) is 0.565. The van der Waals surface area contributed by atoms with Crippen molar-refractivity contribution >= 4 is 5.91 Å². The molecule has 154 valence electrons. The number of benzene rings is 1. The molecule has 5 rings (SSSR count). The van der Waals surface area contributed by atoms with E-state index in [0.717, 1.165) is 51.3 Å². The van der Waals surface area contributed by atoms with Crippen LogP contribution >= 0.6 is 0 Å². The summed E-state index contributed by atoms with van der Waals surface area (Å²) in [7, 11) is 0. The molecule has 1 N–H and O–H groups in total. The molecule has 1 aromatic carbocycles. The number of carbonyl (C=O) groups excluding carboxylic acids is 1. The largest absolute Gasteiger partial charge is 0.354 e. The third-order valence-corrected chi connectivity index (χ3v) is 6.63. The van der Waals surface area contributed by atoms with E-state index in [2.05, 4.69) is 50.1 Å². The highest BCUT2D eigenvalue weighted by molar-refractivity contribution is 5.81. The molecule has 3 heterocycles. The van der Waals surface area contributed by atoms with Crippen molar-refractivity contribution in [1.29, 1.82) is 0 Å². The molecule has 6 heteroatoms. The number of piperidine rings is 1. The molecule has 1 atom stereocenters. The van der Waals surface area contributed by atoms with E-state index >= 15 is 0 Å². The number of likely N-dealkylation sites (tertiary alicyclic amines) is 1. The van der Waals surface area contributed by atoms with Crippen molar-refractivity contribution in [3.63, 3.8) is 0 Å². The number of aromatic nitrogens is 2. The van der Waals surface area contributed by atoms with Crippen molar-refractivity contribution in [2.24, 2.45) is 5.92 Å². The Bertz CT molecular complexity index is 838. The van der Waals surface area contributed by atoms with Gasteiger partial charge in [0.15, 0.2) is 6.10 Å². The van der Waals surface area contributed by atoms with Gasteiger partial charge in [-0.15, -0.1) is 0 Å². The second kappa shape index (κ2) is 7.92. The van der Waals surface area contributed by atoms with Crippen molar-refractivity contribution in [3.8, 4) is 0 Å². The van der Waals surface area contributed by atoms with Crippen LogP contribution < -0.4 is 5.32 Å². The molecule has 2 aromatic rings. The number of fused-ring (bicyclic) bond motifs is 2. The minimum absolute atomic E-state index is 0.0298. The molecule has 3 aliphatic rings. The average Bonchev–Trinajstić information content (AvgIpc) is 3.47. The molecule has 2 fully saturated rings. The van der Waals surface area contributed by atoms with E-state index in [1.807, 2.05) is 12.4 Å². The number of nitrogens with zero attached hydrogens (tertiary/aromatic N) is 3. The van der Waals surface area contributed by atoms with Crippen LogP contribution in [0, 0.1) is 5.92 Å². The van der Waals surface area contributed by atoms with Gasteiger partial charge < -0.3 is 19.5 Å². The van der Waals surface area contributed by atoms with Crippen molar-refractivity contribution in [2.75, 3.05) is 26.2 Å². The highest BCUT2D eigenvalue weighted by Crippen LogP contribution is 2.40. The maximum absolute atomic E-state index is 12.7. The smallest absolute Gasteiger partial charge is 0.251 e. The van der Waals surface area contributed by atoms with E-state index in [0.29, 0.717) is 12.5 Å². The van der Waals surface area contributed by atoms with E-state index in [1.54, 1.807) is 0 Å². The summed E-state index contributed by atoms with van der Waals surface area (Å²) < 4.78 is 8.63. The number of amides is 1. The normalized spacial score (nSPS) is 23.7. The van der Waals surface area contributed by atoms with Crippen LogP contribution in [0.2, 0.25) is 0 Å². The minimum atomic E-state index is -0.438. The summed E-state index contributed by atoms with van der Waals surface area (Å²) in [6, 6.07) is 10.7. The van der Waals surface area contributed by atoms with Crippen molar-refractivity contribution in [2.45, 2.75) is 50.4 Å². The maximum atomic E-state index is 12.7. The van der Waals surface area contributed by atoms with Gasteiger partial charge in [-0.05, 0) is 43.6 Å². The molecule has 2 aliphatic heterocycles. The summed E-state index contributed by atoms with van der Waals surface area (Å²) in [5.74, 6) is 1.70. The standard InChI is InChI=1S/C23H30N4O2/c28-21(25-16-19-6-7-19)20-17-27-15-11-24-22(27)23(29-20)9-13-26(14-10-23)12-8-18-4-2-1-3-5-18/h1-5,11,15,19-20H,6-10,12-14,16-17H2,(H,25,28)/t20-/m1/s1. The quantitative estimate of drug-likeness (QED) is 0.817. The van der Waals surface area contributed by atoms with Crippen LogP contribution in [0.5, 0.6) is 0 Å². The zero-order chi connectivity index (χ0) is 19.7. The number of carbonyl (C=O) groups is 1. The minimum Gasteiger partial charge on any atom is -0.354 e. The molecule has 6 nitrogen and oxygen atoms in total. The Labute approximate surface area is 172 Å². The number of ether oxygens (including phenoxy) is 1. The Morgan fingerprint density at radius 3 is 2.76 bits per heavy atom. The fourth-order valence-corrected chi connectivity index (χ4v) is 4.63. The van der Waals surface area contributed by atoms with Crippen molar-refractivity contribution in [1.82, 2.24) is 19.8 Å². The number of hydrogen-bond acceptors (Lipinski definition) is 4. The molecule has 0 radical (unpaired) electrons. The Hall–Kier alpha value is -2.18. The van der Waals surface area contributed by atoms with E-state index in [1.165, 1.54) is 18.4 Å². The summed E-state index contributed by atoms with van der Waals surface area (Å²) in [5, 5.41) is 3.10. The van der Waals surface area contributed by atoms with E-state index in [-0.39, 0.29) is 5.91 Å². The highest BCUT2D eigenvalue weighted by atomic mass is 16.5. The first-order valence-corrected chi connectivity index (χ1v) is 11.0. The Kier molecular flexibility index (Phi) is 5.14. The van der Waals surface area contributed by atoms with E-state index < -0.39 is 11.7 Å². The average molecular weight is 395 g/mol. The van der Waals surface area contributed by atoms with E-state index in [9.17, 15) is 4.79 Å². The lowest BCUT2D eigenvalue weighted by atomic mass is 9.88. The second-order valence-corrected chi connectivity index (χ2v) is 8.77. The molecule has 1 saturated carbocycles. The molecule has 1 spiro atoms. The number of hydrogen-bond donors (Lipinski definition) is 1. The molecule has 0 unspecified atom stereocenters. The third kappa shape index (κ3) is 4.09. The van der Waals surface area contributed by atoms with Crippen LogP contribution in [0.25, 0.3) is 0 Å². The molecule has 1 amide bonds. The Morgan fingerprint density at radius 1 is 1.21 bits per heavy atom. The molecule has 0 bridgehead atoms. The van der Waals surface area contributed by atoms with Crippen LogP contribution in [-0.4, -0.2) is 52.6 Å². The fourth-order valence-electron chi connectivity index (χ4n) is 4.63. The van der Waals surface area contributed by atoms with Gasteiger partial charge in [0.05, 0.1) is 6.54 Å². The topological polar surface area (TPSA) is 59.4 Å². The van der Waals surface area contributed by atoms with Crippen molar-refractivity contribution < 1.29 is 9.53 Å². The molecular weight excluding hydrogens is 364 g/mol. The first kappa shape index (κ1) is 18.8.